The van der Waals surface area contributed by atoms with Gasteiger partial charge in [0.15, 0.2) is 0 Å². The maximum atomic E-state index is 10.1. The molecule has 1 N–H and O–H groups in total. The molecule has 1 aliphatic carbocycles. The van der Waals surface area contributed by atoms with E-state index in [9.17, 15) is 5.11 Å². The second-order valence-electron chi connectivity index (χ2n) is 7.44. The van der Waals surface area contributed by atoms with Crippen LogP contribution in [-0.2, 0) is 9.47 Å². The van der Waals surface area contributed by atoms with Crippen molar-refractivity contribution in [2.75, 3.05) is 39.5 Å². The van der Waals surface area contributed by atoms with Crippen molar-refractivity contribution in [2.45, 2.75) is 52.2 Å². The van der Waals surface area contributed by atoms with E-state index in [0.717, 1.165) is 45.1 Å². The van der Waals surface area contributed by atoms with Crippen molar-refractivity contribution in [1.82, 2.24) is 4.90 Å². The zero-order chi connectivity index (χ0) is 14.6. The summed E-state index contributed by atoms with van der Waals surface area (Å²) < 4.78 is 11.3. The Morgan fingerprint density at radius 2 is 2.00 bits per heavy atom. The molecular weight excluding hydrogens is 254 g/mol. The molecule has 2 aliphatic rings. The first-order valence-corrected chi connectivity index (χ1v) is 8.04. The number of morpholine rings is 1. The molecule has 1 saturated heterocycles. The predicted molar refractivity (Wildman–Crippen MR) is 79.8 cm³/mol. The van der Waals surface area contributed by atoms with Crippen LogP contribution in [0.15, 0.2) is 0 Å². The van der Waals surface area contributed by atoms with Crippen molar-refractivity contribution in [3.05, 3.63) is 0 Å². The second-order valence-corrected chi connectivity index (χ2v) is 7.44. The topological polar surface area (TPSA) is 41.9 Å². The molecule has 1 aliphatic heterocycles. The van der Waals surface area contributed by atoms with E-state index in [0.29, 0.717) is 24.7 Å². The quantitative estimate of drug-likeness (QED) is 0.838. The molecule has 20 heavy (non-hydrogen) atoms. The van der Waals surface area contributed by atoms with E-state index < -0.39 is 0 Å². The fourth-order valence-corrected chi connectivity index (χ4v) is 3.77. The van der Waals surface area contributed by atoms with Crippen molar-refractivity contribution >= 4 is 0 Å². The summed E-state index contributed by atoms with van der Waals surface area (Å²) in [5.41, 5.74) is 0.373. The van der Waals surface area contributed by atoms with Crippen LogP contribution >= 0.6 is 0 Å². The van der Waals surface area contributed by atoms with Gasteiger partial charge in [0, 0.05) is 19.6 Å². The largest absolute Gasteiger partial charge is 0.389 e. The molecule has 4 nitrogen and oxygen atoms in total. The van der Waals surface area contributed by atoms with Gasteiger partial charge in [0.1, 0.15) is 0 Å². The van der Waals surface area contributed by atoms with Crippen LogP contribution in [0.5, 0.6) is 0 Å². The summed E-state index contributed by atoms with van der Waals surface area (Å²) >= 11 is 0. The molecule has 1 heterocycles. The molecule has 0 radical (unpaired) electrons. The standard InChI is InChI=1S/C16H31NO3/c1-13-8-15(10-16(2,3)9-13)20-12-14(18)11-17-4-6-19-7-5-17/h13-15,18H,4-12H2,1-3H3/t13-,14-,15-/m1/s1. The molecule has 118 valence electrons. The molecule has 0 spiro atoms. The molecule has 0 bridgehead atoms. The monoisotopic (exact) mass is 285 g/mol. The molecular formula is C16H31NO3. The Bertz CT molecular complexity index is 289. The summed E-state index contributed by atoms with van der Waals surface area (Å²) in [6, 6.07) is 0. The van der Waals surface area contributed by atoms with Crippen LogP contribution in [0.3, 0.4) is 0 Å². The van der Waals surface area contributed by atoms with Crippen LogP contribution in [0.25, 0.3) is 0 Å². The van der Waals surface area contributed by atoms with Crippen LogP contribution in [0.2, 0.25) is 0 Å². The molecule has 1 saturated carbocycles. The van der Waals surface area contributed by atoms with E-state index in [1.807, 2.05) is 0 Å². The number of aliphatic hydroxyl groups excluding tert-OH is 1. The molecule has 0 aromatic carbocycles. The first-order valence-electron chi connectivity index (χ1n) is 8.04. The van der Waals surface area contributed by atoms with Crippen molar-refractivity contribution in [2.24, 2.45) is 11.3 Å². The third-order valence-electron chi connectivity index (χ3n) is 4.44. The van der Waals surface area contributed by atoms with E-state index in [2.05, 4.69) is 25.7 Å². The van der Waals surface area contributed by atoms with Crippen LogP contribution in [0.1, 0.15) is 40.0 Å². The number of hydrogen-bond donors (Lipinski definition) is 1. The average Bonchev–Trinajstić information content (AvgIpc) is 2.35. The Morgan fingerprint density at radius 1 is 1.30 bits per heavy atom. The SMILES string of the molecule is C[C@@H]1C[C@@H](OC[C@H](O)CN2CCOCC2)CC(C)(C)C1. The minimum absolute atomic E-state index is 0.313. The molecule has 0 amide bonds. The minimum atomic E-state index is -0.381. The van der Waals surface area contributed by atoms with Gasteiger partial charge in [-0.15, -0.1) is 0 Å². The summed E-state index contributed by atoms with van der Waals surface area (Å²) in [4.78, 5) is 2.25. The lowest BCUT2D eigenvalue weighted by Crippen LogP contribution is -2.43. The van der Waals surface area contributed by atoms with E-state index in [1.165, 1.54) is 6.42 Å². The fraction of sp³-hybridized carbons (Fsp3) is 1.00. The zero-order valence-electron chi connectivity index (χ0n) is 13.3. The molecule has 0 unspecified atom stereocenters. The van der Waals surface area contributed by atoms with Gasteiger partial charge in [-0.05, 0) is 30.6 Å². The summed E-state index contributed by atoms with van der Waals surface area (Å²) in [5, 5.41) is 10.1. The third kappa shape index (κ3) is 5.32. The smallest absolute Gasteiger partial charge is 0.0900 e. The van der Waals surface area contributed by atoms with Gasteiger partial charge in [-0.25, -0.2) is 0 Å². The zero-order valence-corrected chi connectivity index (χ0v) is 13.3. The lowest BCUT2D eigenvalue weighted by molar-refractivity contribution is -0.0670. The summed E-state index contributed by atoms with van der Waals surface area (Å²) in [6.07, 6.45) is 3.46. The summed E-state index contributed by atoms with van der Waals surface area (Å²) in [5.74, 6) is 0.722. The Morgan fingerprint density at radius 3 is 2.65 bits per heavy atom. The van der Waals surface area contributed by atoms with Crippen molar-refractivity contribution < 1.29 is 14.6 Å². The highest BCUT2D eigenvalue weighted by atomic mass is 16.5. The Balaban J connectivity index is 1.68. The van der Waals surface area contributed by atoms with E-state index >= 15 is 0 Å². The number of ether oxygens (including phenoxy) is 2. The number of hydrogen-bond acceptors (Lipinski definition) is 4. The number of β-amino-alcohol motifs (C(OH)–C–C–N with tert-alkyl or cyclic N) is 1. The van der Waals surface area contributed by atoms with Gasteiger partial charge in [0.2, 0.25) is 0 Å². The highest BCUT2D eigenvalue weighted by Gasteiger charge is 2.32. The predicted octanol–water partition coefficient (Wildman–Crippen LogP) is 1.91. The molecule has 2 rings (SSSR count). The molecule has 0 aromatic heterocycles. The van der Waals surface area contributed by atoms with Gasteiger partial charge in [-0.1, -0.05) is 20.8 Å². The molecule has 3 atom stereocenters. The van der Waals surface area contributed by atoms with Crippen LogP contribution < -0.4 is 0 Å². The van der Waals surface area contributed by atoms with Gasteiger partial charge in [0.05, 0.1) is 32.0 Å². The van der Waals surface area contributed by atoms with E-state index in [1.54, 1.807) is 0 Å². The number of rotatable bonds is 5. The molecule has 4 heteroatoms. The molecule has 2 fully saturated rings. The first kappa shape index (κ1) is 16.2. The first-order chi connectivity index (χ1) is 9.44. The van der Waals surface area contributed by atoms with Crippen molar-refractivity contribution in [1.29, 1.82) is 0 Å². The minimum Gasteiger partial charge on any atom is -0.389 e. The third-order valence-corrected chi connectivity index (χ3v) is 4.44. The highest BCUT2D eigenvalue weighted by Crippen LogP contribution is 2.39. The van der Waals surface area contributed by atoms with Gasteiger partial charge < -0.3 is 14.6 Å². The maximum absolute atomic E-state index is 10.1. The van der Waals surface area contributed by atoms with Gasteiger partial charge in [-0.3, -0.25) is 4.90 Å². The second kappa shape index (κ2) is 7.21. The lowest BCUT2D eigenvalue weighted by Gasteiger charge is -2.39. The van der Waals surface area contributed by atoms with Crippen molar-refractivity contribution in [3.8, 4) is 0 Å². The highest BCUT2D eigenvalue weighted by molar-refractivity contribution is 4.83. The van der Waals surface area contributed by atoms with E-state index in [4.69, 9.17) is 9.47 Å². The van der Waals surface area contributed by atoms with Crippen LogP contribution in [0.4, 0.5) is 0 Å². The normalized spacial score (nSPS) is 33.0. The summed E-state index contributed by atoms with van der Waals surface area (Å²) in [6.45, 7) is 11.5. The number of aliphatic hydroxyl groups is 1. The average molecular weight is 285 g/mol. The van der Waals surface area contributed by atoms with Crippen LogP contribution in [-0.4, -0.2) is 61.7 Å². The van der Waals surface area contributed by atoms with Crippen LogP contribution in [0, 0.1) is 11.3 Å². The lowest BCUT2D eigenvalue weighted by atomic mass is 9.71. The Kier molecular flexibility index (Phi) is 5.84. The molecule has 0 aromatic rings. The Hall–Kier alpha value is -0.160. The van der Waals surface area contributed by atoms with Crippen molar-refractivity contribution in [3.63, 3.8) is 0 Å². The Labute approximate surface area is 123 Å². The number of nitrogens with zero attached hydrogens (tertiary/aromatic N) is 1. The maximum Gasteiger partial charge on any atom is 0.0900 e. The van der Waals surface area contributed by atoms with Gasteiger partial charge >= 0.3 is 0 Å². The van der Waals surface area contributed by atoms with Gasteiger partial charge in [0.25, 0.3) is 0 Å². The summed E-state index contributed by atoms with van der Waals surface area (Å²) in [7, 11) is 0. The van der Waals surface area contributed by atoms with E-state index in [-0.39, 0.29) is 6.10 Å². The van der Waals surface area contributed by atoms with Gasteiger partial charge in [-0.2, -0.15) is 0 Å². The fourth-order valence-electron chi connectivity index (χ4n) is 3.77.